The van der Waals surface area contributed by atoms with E-state index in [0.29, 0.717) is 25.0 Å². The van der Waals surface area contributed by atoms with Crippen molar-refractivity contribution >= 4 is 23.6 Å². The van der Waals surface area contributed by atoms with E-state index in [0.717, 1.165) is 38.5 Å². The van der Waals surface area contributed by atoms with Gasteiger partial charge in [-0.25, -0.2) is 0 Å². The van der Waals surface area contributed by atoms with E-state index in [4.69, 9.17) is 15.2 Å². The summed E-state index contributed by atoms with van der Waals surface area (Å²) in [6.07, 6.45) is 6.05. The van der Waals surface area contributed by atoms with Crippen molar-refractivity contribution in [2.24, 2.45) is 52.1 Å². The number of carbonyl (C=O) groups excluding carboxylic acids is 4. The summed E-state index contributed by atoms with van der Waals surface area (Å²) in [5.74, 6) is 0.851. The van der Waals surface area contributed by atoms with E-state index in [9.17, 15) is 19.2 Å². The van der Waals surface area contributed by atoms with Crippen molar-refractivity contribution in [3.8, 4) is 0 Å². The maximum Gasteiger partial charge on any atom is 0.302 e. The van der Waals surface area contributed by atoms with Gasteiger partial charge in [0.15, 0.2) is 0 Å². The highest BCUT2D eigenvalue weighted by atomic mass is 16.5. The maximum atomic E-state index is 12.4. The second kappa shape index (κ2) is 9.51. The third-order valence-electron chi connectivity index (χ3n) is 10.8. The number of ether oxygens (including phenoxy) is 2. The zero-order valence-electron chi connectivity index (χ0n) is 22.0. The first-order chi connectivity index (χ1) is 16.4. The van der Waals surface area contributed by atoms with Crippen molar-refractivity contribution in [3.05, 3.63) is 0 Å². The lowest BCUT2D eigenvalue weighted by Crippen LogP contribution is -2.63. The second-order valence-corrected chi connectivity index (χ2v) is 12.5. The molecule has 0 aromatic heterocycles. The lowest BCUT2D eigenvalue weighted by atomic mass is 9.43. The quantitative estimate of drug-likeness (QED) is 0.560. The molecule has 0 saturated heterocycles. The van der Waals surface area contributed by atoms with Gasteiger partial charge in [0, 0.05) is 44.4 Å². The Morgan fingerprint density at radius 3 is 2.37 bits per heavy atom. The van der Waals surface area contributed by atoms with Crippen LogP contribution in [0.2, 0.25) is 0 Å². The highest BCUT2D eigenvalue weighted by Crippen LogP contribution is 2.69. The molecule has 0 radical (unpaired) electrons. The molecule has 0 bridgehead atoms. The number of rotatable bonds is 6. The van der Waals surface area contributed by atoms with Gasteiger partial charge in [0.05, 0.1) is 0 Å². The standard InChI is InChI=1S/C28H43NO6/c1-15(6-9-25(29)33)20-7-8-21-26-22(14-24(28(20,21)5)35-17(3)31)27(4)11-10-19(32)12-18(27)13-23(26)34-16(2)30/h15,18,20-24,26H,6-14H2,1-5H3,(H2,29,33)/t15?,18-,20?,21?,22?,23+,24-,26?,27-,28+/m0/s1. The SMILES string of the molecule is CC(=O)O[C@H]1CC2C(C3CCC(C(C)CCC(N)=O)[C@]31C)[C@H](OC(C)=O)C[C@@H]1CC(=O)CC[C@]21C. The zero-order chi connectivity index (χ0) is 25.7. The molecule has 4 saturated carbocycles. The molecule has 2 N–H and O–H groups in total. The maximum absolute atomic E-state index is 12.4. The molecule has 5 unspecified atom stereocenters. The number of ketones is 1. The van der Waals surface area contributed by atoms with Gasteiger partial charge in [-0.1, -0.05) is 20.8 Å². The van der Waals surface area contributed by atoms with Gasteiger partial charge < -0.3 is 15.2 Å². The number of carbonyl (C=O) groups is 4. The normalized spacial score (nSPS) is 43.3. The number of Topliss-reactive ketones (excluding diaryl/α,β-unsaturated/α-hetero) is 1. The minimum atomic E-state index is -0.287. The molecule has 0 spiro atoms. The minimum Gasteiger partial charge on any atom is -0.462 e. The predicted octanol–water partition coefficient (Wildman–Crippen LogP) is 4.20. The molecule has 0 aromatic rings. The average molecular weight is 490 g/mol. The third kappa shape index (κ3) is 4.53. The van der Waals surface area contributed by atoms with Crippen LogP contribution < -0.4 is 5.73 Å². The Labute approximate surface area is 209 Å². The smallest absolute Gasteiger partial charge is 0.302 e. The molecule has 4 fully saturated rings. The molecule has 7 nitrogen and oxygen atoms in total. The molecule has 0 aliphatic heterocycles. The van der Waals surface area contributed by atoms with Crippen molar-refractivity contribution < 1.29 is 28.7 Å². The first kappa shape index (κ1) is 26.2. The van der Waals surface area contributed by atoms with Crippen LogP contribution in [0.4, 0.5) is 0 Å². The number of fused-ring (bicyclic) bond motifs is 5. The van der Waals surface area contributed by atoms with E-state index in [1.54, 1.807) is 0 Å². The van der Waals surface area contributed by atoms with Gasteiger partial charge in [0.1, 0.15) is 18.0 Å². The number of amides is 1. The van der Waals surface area contributed by atoms with Crippen LogP contribution in [0.3, 0.4) is 0 Å². The van der Waals surface area contributed by atoms with Crippen molar-refractivity contribution in [1.29, 1.82) is 0 Å². The lowest BCUT2D eigenvalue weighted by Gasteiger charge is -2.63. The van der Waals surface area contributed by atoms with Crippen molar-refractivity contribution in [2.45, 2.75) is 105 Å². The fraction of sp³-hybridized carbons (Fsp3) is 0.857. The van der Waals surface area contributed by atoms with Gasteiger partial charge in [-0.2, -0.15) is 0 Å². The van der Waals surface area contributed by atoms with Gasteiger partial charge in [0.25, 0.3) is 0 Å². The van der Waals surface area contributed by atoms with E-state index in [1.165, 1.54) is 13.8 Å². The molecule has 4 rings (SSSR count). The Hall–Kier alpha value is -1.92. The highest BCUT2D eigenvalue weighted by Gasteiger charge is 2.67. The van der Waals surface area contributed by atoms with Gasteiger partial charge in [-0.15, -0.1) is 0 Å². The van der Waals surface area contributed by atoms with Crippen LogP contribution in [0, 0.1) is 46.3 Å². The Balaban J connectivity index is 1.74. The van der Waals surface area contributed by atoms with Gasteiger partial charge in [-0.05, 0) is 73.5 Å². The number of hydrogen-bond donors (Lipinski definition) is 1. The molecule has 7 heteroatoms. The average Bonchev–Trinajstić information content (AvgIpc) is 3.11. The molecule has 4 aliphatic carbocycles. The summed E-state index contributed by atoms with van der Waals surface area (Å²) < 4.78 is 12.1. The van der Waals surface area contributed by atoms with E-state index in [-0.39, 0.29) is 76.4 Å². The number of nitrogens with two attached hydrogens (primary N) is 1. The molecule has 0 heterocycles. The molecule has 35 heavy (non-hydrogen) atoms. The first-order valence-corrected chi connectivity index (χ1v) is 13.5. The van der Waals surface area contributed by atoms with Gasteiger partial charge in [0.2, 0.25) is 5.91 Å². The van der Waals surface area contributed by atoms with Crippen LogP contribution in [-0.4, -0.2) is 35.8 Å². The Morgan fingerprint density at radius 2 is 1.74 bits per heavy atom. The van der Waals surface area contributed by atoms with E-state index in [1.807, 2.05) is 0 Å². The monoisotopic (exact) mass is 489 g/mol. The summed E-state index contributed by atoms with van der Waals surface area (Å²) in [6, 6.07) is 0. The van der Waals surface area contributed by atoms with Crippen LogP contribution in [-0.2, 0) is 28.7 Å². The zero-order valence-corrected chi connectivity index (χ0v) is 22.0. The summed E-state index contributed by atoms with van der Waals surface area (Å²) in [7, 11) is 0. The van der Waals surface area contributed by atoms with Crippen LogP contribution in [0.1, 0.15) is 92.4 Å². The molecule has 0 aromatic carbocycles. The fourth-order valence-electron chi connectivity index (χ4n) is 9.18. The summed E-state index contributed by atoms with van der Waals surface area (Å²) >= 11 is 0. The number of primary amides is 1. The van der Waals surface area contributed by atoms with Crippen molar-refractivity contribution in [2.75, 3.05) is 0 Å². The summed E-state index contributed by atoms with van der Waals surface area (Å²) in [4.78, 5) is 48.4. The largest absolute Gasteiger partial charge is 0.462 e. The second-order valence-electron chi connectivity index (χ2n) is 12.5. The number of hydrogen-bond acceptors (Lipinski definition) is 6. The van der Waals surface area contributed by atoms with E-state index < -0.39 is 0 Å². The van der Waals surface area contributed by atoms with E-state index >= 15 is 0 Å². The summed E-state index contributed by atoms with van der Waals surface area (Å²) in [5, 5.41) is 0. The summed E-state index contributed by atoms with van der Waals surface area (Å²) in [5.41, 5.74) is 5.15. The summed E-state index contributed by atoms with van der Waals surface area (Å²) in [6.45, 7) is 9.73. The van der Waals surface area contributed by atoms with Crippen LogP contribution in [0.15, 0.2) is 0 Å². The van der Waals surface area contributed by atoms with Crippen LogP contribution in [0.5, 0.6) is 0 Å². The molecule has 4 aliphatic rings. The molecular weight excluding hydrogens is 446 g/mol. The Bertz CT molecular complexity index is 887. The Kier molecular flexibility index (Phi) is 7.11. The van der Waals surface area contributed by atoms with E-state index in [2.05, 4.69) is 20.8 Å². The Morgan fingerprint density at radius 1 is 1.06 bits per heavy atom. The molecular formula is C28H43NO6. The van der Waals surface area contributed by atoms with Gasteiger partial charge in [-0.3, -0.25) is 19.2 Å². The third-order valence-corrected chi connectivity index (χ3v) is 10.8. The molecule has 1 amide bonds. The van der Waals surface area contributed by atoms with Gasteiger partial charge >= 0.3 is 11.9 Å². The fourth-order valence-corrected chi connectivity index (χ4v) is 9.18. The van der Waals surface area contributed by atoms with Crippen LogP contribution >= 0.6 is 0 Å². The topological polar surface area (TPSA) is 113 Å². The van der Waals surface area contributed by atoms with Crippen molar-refractivity contribution in [1.82, 2.24) is 0 Å². The molecule has 196 valence electrons. The van der Waals surface area contributed by atoms with Crippen molar-refractivity contribution in [3.63, 3.8) is 0 Å². The lowest BCUT2D eigenvalue weighted by molar-refractivity contribution is -0.219. The first-order valence-electron chi connectivity index (χ1n) is 13.5. The van der Waals surface area contributed by atoms with Crippen LogP contribution in [0.25, 0.3) is 0 Å². The highest BCUT2D eigenvalue weighted by molar-refractivity contribution is 5.79. The predicted molar refractivity (Wildman–Crippen MR) is 130 cm³/mol. The minimum absolute atomic E-state index is 0.0371. The molecule has 10 atom stereocenters. The number of esters is 2.